The van der Waals surface area contributed by atoms with E-state index in [1.54, 1.807) is 6.07 Å². The number of anilines is 1. The number of carbonyl (C=O) groups is 1. The van der Waals surface area contributed by atoms with E-state index in [1.807, 2.05) is 30.3 Å². The summed E-state index contributed by atoms with van der Waals surface area (Å²) in [6.45, 7) is 0. The molecule has 0 fully saturated rings. The second-order valence-electron chi connectivity index (χ2n) is 4.80. The Balaban J connectivity index is 2.02. The number of thiocarbonyl (C=S) groups is 1. The number of benzene rings is 2. The number of methoxy groups -OCH3 is 1. The second-order valence-corrected chi connectivity index (χ2v) is 5.21. The summed E-state index contributed by atoms with van der Waals surface area (Å²) in [4.78, 5) is 22.5. The van der Waals surface area contributed by atoms with Crippen LogP contribution in [0, 0.1) is 10.1 Å². The van der Waals surface area contributed by atoms with E-state index >= 15 is 0 Å². The van der Waals surface area contributed by atoms with Crippen LogP contribution in [0.5, 0.6) is 5.75 Å². The average molecular weight is 345 g/mol. The van der Waals surface area contributed by atoms with Crippen LogP contribution in [-0.2, 0) is 11.2 Å². The van der Waals surface area contributed by atoms with Crippen LogP contribution >= 0.6 is 12.2 Å². The molecule has 0 aromatic heterocycles. The molecular weight excluding hydrogens is 330 g/mol. The Morgan fingerprint density at radius 1 is 1.25 bits per heavy atom. The molecular formula is C16H15N3O4S. The van der Waals surface area contributed by atoms with Crippen molar-refractivity contribution in [3.05, 3.63) is 64.2 Å². The summed E-state index contributed by atoms with van der Waals surface area (Å²) in [5, 5.41) is 16.3. The zero-order valence-electron chi connectivity index (χ0n) is 12.8. The van der Waals surface area contributed by atoms with E-state index in [1.165, 1.54) is 19.2 Å². The Morgan fingerprint density at radius 2 is 1.96 bits per heavy atom. The number of nitro groups is 1. The highest BCUT2D eigenvalue weighted by atomic mass is 32.1. The summed E-state index contributed by atoms with van der Waals surface area (Å²) >= 11 is 5.04. The van der Waals surface area contributed by atoms with Gasteiger partial charge in [0.05, 0.1) is 24.5 Å². The minimum absolute atomic E-state index is 0.0100. The highest BCUT2D eigenvalue weighted by molar-refractivity contribution is 7.80. The topological polar surface area (TPSA) is 93.5 Å². The van der Waals surface area contributed by atoms with Gasteiger partial charge in [-0.15, -0.1) is 0 Å². The van der Waals surface area contributed by atoms with Crippen LogP contribution in [0.4, 0.5) is 11.4 Å². The molecule has 0 aliphatic carbocycles. The maximum absolute atomic E-state index is 11.9. The number of nitrogens with one attached hydrogen (secondary N) is 2. The quantitative estimate of drug-likeness (QED) is 0.492. The van der Waals surface area contributed by atoms with Crippen LogP contribution in [-0.4, -0.2) is 23.1 Å². The molecule has 124 valence electrons. The lowest BCUT2D eigenvalue weighted by atomic mass is 10.1. The van der Waals surface area contributed by atoms with E-state index in [4.69, 9.17) is 17.0 Å². The number of rotatable bonds is 5. The third-order valence-electron chi connectivity index (χ3n) is 3.11. The summed E-state index contributed by atoms with van der Waals surface area (Å²) in [5.41, 5.74) is 0.813. The van der Waals surface area contributed by atoms with E-state index in [2.05, 4.69) is 10.6 Å². The Hall–Kier alpha value is -3.00. The number of amides is 1. The largest absolute Gasteiger partial charge is 0.496 e. The molecule has 0 saturated carbocycles. The molecule has 0 atom stereocenters. The lowest BCUT2D eigenvalue weighted by molar-refractivity contribution is -0.384. The number of nitrogens with zero attached hydrogens (tertiary/aromatic N) is 1. The molecule has 2 aromatic carbocycles. The molecule has 0 unspecified atom stereocenters. The zero-order chi connectivity index (χ0) is 17.5. The molecule has 2 N–H and O–H groups in total. The van der Waals surface area contributed by atoms with E-state index in [9.17, 15) is 14.9 Å². The Kier molecular flexibility index (Phi) is 5.80. The fourth-order valence-electron chi connectivity index (χ4n) is 2.00. The van der Waals surface area contributed by atoms with Gasteiger partial charge < -0.3 is 15.4 Å². The third-order valence-corrected chi connectivity index (χ3v) is 3.31. The van der Waals surface area contributed by atoms with Gasteiger partial charge in [-0.05, 0) is 29.9 Å². The fourth-order valence-corrected chi connectivity index (χ4v) is 2.22. The predicted octanol–water partition coefficient (Wildman–Crippen LogP) is 2.66. The van der Waals surface area contributed by atoms with Gasteiger partial charge >= 0.3 is 0 Å². The Bertz CT molecular complexity index is 765. The molecule has 0 spiro atoms. The van der Waals surface area contributed by atoms with Gasteiger partial charge in [-0.1, -0.05) is 30.3 Å². The van der Waals surface area contributed by atoms with E-state index in [0.717, 1.165) is 5.56 Å². The van der Waals surface area contributed by atoms with Crippen molar-refractivity contribution in [3.63, 3.8) is 0 Å². The molecule has 1 amide bonds. The van der Waals surface area contributed by atoms with Gasteiger partial charge in [-0.25, -0.2) is 0 Å². The van der Waals surface area contributed by atoms with Crippen molar-refractivity contribution >= 4 is 34.6 Å². The smallest absolute Gasteiger partial charge is 0.296 e. The van der Waals surface area contributed by atoms with Crippen LogP contribution in [0.1, 0.15) is 5.56 Å². The molecule has 24 heavy (non-hydrogen) atoms. The lowest BCUT2D eigenvalue weighted by Crippen LogP contribution is -2.35. The first kappa shape index (κ1) is 17.4. The molecule has 0 bridgehead atoms. The van der Waals surface area contributed by atoms with E-state index in [0.29, 0.717) is 5.75 Å². The predicted molar refractivity (Wildman–Crippen MR) is 94.2 cm³/mol. The molecule has 0 heterocycles. The van der Waals surface area contributed by atoms with Crippen LogP contribution in [0.25, 0.3) is 0 Å². The Morgan fingerprint density at radius 3 is 2.58 bits per heavy atom. The number of nitro benzene ring substituents is 1. The molecule has 0 aliphatic heterocycles. The van der Waals surface area contributed by atoms with Crippen molar-refractivity contribution in [2.75, 3.05) is 12.4 Å². The molecule has 0 radical (unpaired) electrons. The number of carbonyl (C=O) groups excluding carboxylic acids is 1. The van der Waals surface area contributed by atoms with Crippen molar-refractivity contribution in [1.82, 2.24) is 5.32 Å². The van der Waals surface area contributed by atoms with Crippen LogP contribution in [0.2, 0.25) is 0 Å². The van der Waals surface area contributed by atoms with Crippen molar-refractivity contribution in [3.8, 4) is 5.75 Å². The minimum atomic E-state index is -0.556. The first-order chi connectivity index (χ1) is 11.5. The lowest BCUT2D eigenvalue weighted by Gasteiger charge is -2.10. The van der Waals surface area contributed by atoms with Crippen molar-refractivity contribution < 1.29 is 14.5 Å². The standard InChI is InChI=1S/C16H15N3O4S/c1-23-12-7-8-13(14(10-12)19(21)22)17-16(24)18-15(20)9-11-5-3-2-4-6-11/h2-8,10H,9H2,1H3,(H2,17,18,20,24). The second kappa shape index (κ2) is 8.02. The number of ether oxygens (including phenoxy) is 1. The van der Waals surface area contributed by atoms with E-state index < -0.39 is 4.92 Å². The summed E-state index contributed by atoms with van der Waals surface area (Å²) < 4.78 is 4.96. The maximum Gasteiger partial charge on any atom is 0.296 e. The van der Waals surface area contributed by atoms with Crippen molar-refractivity contribution in [2.24, 2.45) is 0 Å². The summed E-state index contributed by atoms with van der Waals surface area (Å²) in [7, 11) is 1.42. The molecule has 0 saturated heterocycles. The van der Waals surface area contributed by atoms with Gasteiger partial charge in [0.25, 0.3) is 5.69 Å². The van der Waals surface area contributed by atoms with Crippen LogP contribution in [0.15, 0.2) is 48.5 Å². The molecule has 0 aliphatic rings. The summed E-state index contributed by atoms with van der Waals surface area (Å²) in [6, 6.07) is 13.5. The minimum Gasteiger partial charge on any atom is -0.496 e. The first-order valence-electron chi connectivity index (χ1n) is 6.97. The number of hydrogen-bond acceptors (Lipinski definition) is 5. The molecule has 8 heteroatoms. The normalized spacial score (nSPS) is 9.88. The van der Waals surface area contributed by atoms with Crippen LogP contribution < -0.4 is 15.4 Å². The SMILES string of the molecule is COc1ccc(NC(=S)NC(=O)Cc2ccccc2)c([N+](=O)[O-])c1. The van der Waals surface area contributed by atoms with Gasteiger partial charge in [0, 0.05) is 0 Å². The van der Waals surface area contributed by atoms with Gasteiger partial charge in [0.15, 0.2) is 5.11 Å². The monoisotopic (exact) mass is 345 g/mol. The summed E-state index contributed by atoms with van der Waals surface area (Å²) in [5.74, 6) is 0.0427. The fraction of sp³-hybridized carbons (Fsp3) is 0.125. The summed E-state index contributed by atoms with van der Waals surface area (Å²) in [6.07, 6.45) is 0.160. The van der Waals surface area contributed by atoms with Crippen molar-refractivity contribution in [2.45, 2.75) is 6.42 Å². The van der Waals surface area contributed by atoms with Gasteiger partial charge in [0.1, 0.15) is 11.4 Å². The number of hydrogen-bond donors (Lipinski definition) is 2. The Labute approximate surface area is 143 Å². The van der Waals surface area contributed by atoms with Gasteiger partial charge in [-0.3, -0.25) is 14.9 Å². The van der Waals surface area contributed by atoms with Gasteiger partial charge in [0.2, 0.25) is 5.91 Å². The highest BCUT2D eigenvalue weighted by Crippen LogP contribution is 2.28. The van der Waals surface area contributed by atoms with Crippen molar-refractivity contribution in [1.29, 1.82) is 0 Å². The first-order valence-corrected chi connectivity index (χ1v) is 7.37. The zero-order valence-corrected chi connectivity index (χ0v) is 13.6. The average Bonchev–Trinajstić information content (AvgIpc) is 2.55. The van der Waals surface area contributed by atoms with E-state index in [-0.39, 0.29) is 28.8 Å². The molecule has 2 aromatic rings. The third kappa shape index (κ3) is 4.75. The van der Waals surface area contributed by atoms with Crippen LogP contribution in [0.3, 0.4) is 0 Å². The van der Waals surface area contributed by atoms with Gasteiger partial charge in [-0.2, -0.15) is 0 Å². The highest BCUT2D eigenvalue weighted by Gasteiger charge is 2.16. The maximum atomic E-state index is 11.9. The molecule has 2 rings (SSSR count). The molecule has 7 nitrogen and oxygen atoms in total.